The molecule has 0 N–H and O–H groups in total. The topological polar surface area (TPSA) is 87.5 Å². The number of carbonyl (C=O) groups is 1. The van der Waals surface area contributed by atoms with Crippen LogP contribution in [-0.4, -0.2) is 38.4 Å². The van der Waals surface area contributed by atoms with Gasteiger partial charge >= 0.3 is 5.97 Å². The summed E-state index contributed by atoms with van der Waals surface area (Å²) in [4.78, 5) is 11.1. The van der Waals surface area contributed by atoms with E-state index in [4.69, 9.17) is 5.26 Å². The zero-order valence-corrected chi connectivity index (χ0v) is 12.6. The number of nitrogens with zero attached hydrogens (tertiary/aromatic N) is 2. The monoisotopic (exact) mass is 314 g/mol. The lowest BCUT2D eigenvalue weighted by Crippen LogP contribution is -2.41. The lowest BCUT2D eigenvalue weighted by molar-refractivity contribution is -0.141. The highest BCUT2D eigenvalue weighted by molar-refractivity contribution is 7.89. The van der Waals surface area contributed by atoms with Crippen LogP contribution in [0.2, 0.25) is 0 Å². The summed E-state index contributed by atoms with van der Waals surface area (Å²) >= 11 is 0. The number of sulfonamides is 1. The Kier molecular flexibility index (Phi) is 5.41. The van der Waals surface area contributed by atoms with Gasteiger partial charge in [0.25, 0.3) is 0 Å². The van der Waals surface area contributed by atoms with Crippen LogP contribution < -0.4 is 0 Å². The summed E-state index contributed by atoms with van der Waals surface area (Å²) in [6, 6.07) is 3.97. The minimum Gasteiger partial charge on any atom is -0.468 e. The quantitative estimate of drug-likeness (QED) is 0.764. The van der Waals surface area contributed by atoms with Crippen LogP contribution in [0.25, 0.3) is 0 Å². The highest BCUT2D eigenvalue weighted by Crippen LogP contribution is 2.20. The predicted molar refractivity (Wildman–Crippen MR) is 72.2 cm³/mol. The summed E-state index contributed by atoms with van der Waals surface area (Å²) in [6.07, 6.45) is 0. The maximum atomic E-state index is 13.3. The van der Waals surface area contributed by atoms with Crippen molar-refractivity contribution in [3.8, 4) is 6.07 Å². The smallest absolute Gasteiger partial charge is 0.321 e. The normalized spacial score (nSPS) is 11.5. The van der Waals surface area contributed by atoms with E-state index >= 15 is 0 Å². The first-order valence-electron chi connectivity index (χ1n) is 6.02. The molecule has 0 unspecified atom stereocenters. The van der Waals surface area contributed by atoms with Crippen LogP contribution in [0.5, 0.6) is 0 Å². The average molecular weight is 314 g/mol. The number of esters is 1. The molecule has 0 aliphatic heterocycles. The molecule has 0 saturated heterocycles. The first-order chi connectivity index (χ1) is 9.73. The molecule has 0 atom stereocenters. The Hall–Kier alpha value is -1.98. The molecule has 1 aromatic rings. The molecule has 0 fully saturated rings. The van der Waals surface area contributed by atoms with Crippen LogP contribution in [0.3, 0.4) is 0 Å². The number of carbonyl (C=O) groups excluding carboxylic acids is 1. The molecule has 0 aromatic heterocycles. The number of methoxy groups -OCH3 is 1. The molecular formula is C13H15FN2O4S. The van der Waals surface area contributed by atoms with Crippen LogP contribution in [0.15, 0.2) is 23.1 Å². The average Bonchev–Trinajstić information content (AvgIpc) is 2.44. The van der Waals surface area contributed by atoms with E-state index in [9.17, 15) is 17.6 Å². The third-order valence-corrected chi connectivity index (χ3v) is 4.77. The van der Waals surface area contributed by atoms with Crippen LogP contribution in [0.4, 0.5) is 4.39 Å². The first kappa shape index (κ1) is 17.1. The summed E-state index contributed by atoms with van der Waals surface area (Å²) in [7, 11) is -2.89. The maximum absolute atomic E-state index is 13.3. The molecule has 114 valence electrons. The second-order valence-electron chi connectivity index (χ2n) is 4.47. The molecule has 0 spiro atoms. The zero-order chi connectivity index (χ0) is 16.2. The van der Waals surface area contributed by atoms with E-state index in [0.29, 0.717) is 0 Å². The van der Waals surface area contributed by atoms with Crippen LogP contribution in [-0.2, 0) is 19.6 Å². The minimum atomic E-state index is -4.04. The van der Waals surface area contributed by atoms with E-state index in [-0.39, 0.29) is 10.5 Å². The van der Waals surface area contributed by atoms with Crippen molar-refractivity contribution in [2.45, 2.75) is 24.8 Å². The van der Waals surface area contributed by atoms with E-state index in [1.807, 2.05) is 0 Å². The summed E-state index contributed by atoms with van der Waals surface area (Å²) in [5.74, 6) is -1.52. The van der Waals surface area contributed by atoms with Gasteiger partial charge in [-0.25, -0.2) is 12.8 Å². The van der Waals surface area contributed by atoms with E-state index in [1.165, 1.54) is 0 Å². The molecule has 1 aromatic carbocycles. The lowest BCUT2D eigenvalue weighted by Gasteiger charge is -2.24. The van der Waals surface area contributed by atoms with Gasteiger partial charge in [0.1, 0.15) is 18.4 Å². The van der Waals surface area contributed by atoms with Crippen LogP contribution >= 0.6 is 0 Å². The predicted octanol–water partition coefficient (Wildman–Crippen LogP) is 1.27. The summed E-state index contributed by atoms with van der Waals surface area (Å²) in [5.41, 5.74) is -0.377. The number of hydrogen-bond acceptors (Lipinski definition) is 5. The number of ether oxygens (including phenoxy) is 1. The Labute approximate surface area is 122 Å². The van der Waals surface area contributed by atoms with Gasteiger partial charge in [-0.05, 0) is 32.0 Å². The second kappa shape index (κ2) is 6.65. The van der Waals surface area contributed by atoms with Crippen molar-refractivity contribution in [1.29, 1.82) is 5.26 Å². The number of benzene rings is 1. The molecule has 0 aliphatic rings. The molecule has 0 amide bonds. The Morgan fingerprint density at radius 2 is 2.10 bits per heavy atom. The van der Waals surface area contributed by atoms with Crippen molar-refractivity contribution < 1.29 is 22.3 Å². The fourth-order valence-corrected chi connectivity index (χ4v) is 3.23. The molecular weight excluding hydrogens is 299 g/mol. The number of rotatable bonds is 5. The highest BCUT2D eigenvalue weighted by Gasteiger charge is 2.30. The fraction of sp³-hybridized carbons (Fsp3) is 0.385. The van der Waals surface area contributed by atoms with Gasteiger partial charge in [-0.1, -0.05) is 0 Å². The third-order valence-electron chi connectivity index (χ3n) is 2.75. The van der Waals surface area contributed by atoms with Crippen molar-refractivity contribution in [2.24, 2.45) is 0 Å². The Morgan fingerprint density at radius 1 is 1.48 bits per heavy atom. The van der Waals surface area contributed by atoms with Crippen molar-refractivity contribution in [1.82, 2.24) is 4.31 Å². The second-order valence-corrected chi connectivity index (χ2v) is 6.36. The molecule has 8 heteroatoms. The number of nitriles is 1. The Morgan fingerprint density at radius 3 is 2.57 bits per heavy atom. The minimum absolute atomic E-state index is 0.252. The largest absolute Gasteiger partial charge is 0.468 e. The Bertz CT molecular complexity index is 680. The van der Waals surface area contributed by atoms with Gasteiger partial charge in [0, 0.05) is 6.04 Å². The van der Waals surface area contributed by atoms with Gasteiger partial charge in [0.15, 0.2) is 0 Å². The van der Waals surface area contributed by atoms with Crippen LogP contribution in [0, 0.1) is 17.1 Å². The maximum Gasteiger partial charge on any atom is 0.321 e. The van der Waals surface area contributed by atoms with Gasteiger partial charge in [0.05, 0.1) is 17.6 Å². The van der Waals surface area contributed by atoms with Crippen LogP contribution in [0.1, 0.15) is 19.4 Å². The SMILES string of the molecule is COC(=O)CN(C(C)C)S(=O)(=O)c1ccc(F)c(C#N)c1. The summed E-state index contributed by atoms with van der Waals surface area (Å²) in [5, 5.41) is 8.77. The highest BCUT2D eigenvalue weighted by atomic mass is 32.2. The molecule has 1 rings (SSSR count). The number of halogens is 1. The van der Waals surface area contributed by atoms with Gasteiger partial charge in [-0.2, -0.15) is 9.57 Å². The number of hydrogen-bond donors (Lipinski definition) is 0. The van der Waals surface area contributed by atoms with Crippen molar-refractivity contribution in [3.63, 3.8) is 0 Å². The Balaban J connectivity index is 3.30. The molecule has 0 bridgehead atoms. The lowest BCUT2D eigenvalue weighted by atomic mass is 10.2. The molecule has 0 aliphatic carbocycles. The third kappa shape index (κ3) is 3.77. The molecule has 0 saturated carbocycles. The standard InChI is InChI=1S/C13H15FN2O4S/c1-9(2)16(8-13(17)20-3)21(18,19)11-4-5-12(14)10(6-11)7-15/h4-6,9H,8H2,1-3H3. The van der Waals surface area contributed by atoms with E-state index < -0.39 is 34.4 Å². The molecule has 21 heavy (non-hydrogen) atoms. The van der Waals surface area contributed by atoms with Crippen molar-refractivity contribution >= 4 is 16.0 Å². The fourth-order valence-electron chi connectivity index (χ4n) is 1.62. The summed E-state index contributed by atoms with van der Waals surface area (Å²) < 4.78 is 43.7. The van der Waals surface area contributed by atoms with Gasteiger partial charge in [-0.15, -0.1) is 0 Å². The van der Waals surface area contributed by atoms with E-state index in [2.05, 4.69) is 4.74 Å². The zero-order valence-electron chi connectivity index (χ0n) is 11.8. The van der Waals surface area contributed by atoms with Crippen molar-refractivity contribution in [2.75, 3.05) is 13.7 Å². The first-order valence-corrected chi connectivity index (χ1v) is 7.46. The van der Waals surface area contributed by atoms with E-state index in [1.54, 1.807) is 19.9 Å². The van der Waals surface area contributed by atoms with Gasteiger partial charge in [0.2, 0.25) is 10.0 Å². The van der Waals surface area contributed by atoms with Gasteiger partial charge in [-0.3, -0.25) is 4.79 Å². The molecule has 0 heterocycles. The van der Waals surface area contributed by atoms with Gasteiger partial charge < -0.3 is 4.74 Å². The molecule has 6 nitrogen and oxygen atoms in total. The van der Waals surface area contributed by atoms with E-state index in [0.717, 1.165) is 29.6 Å². The summed E-state index contributed by atoms with van der Waals surface area (Å²) in [6.45, 7) is 2.72. The molecule has 0 radical (unpaired) electrons. The van der Waals surface area contributed by atoms with Crippen molar-refractivity contribution in [3.05, 3.63) is 29.6 Å².